The molecule has 8 heteroatoms. The maximum Gasteiger partial charge on any atom is 0.231 e. The van der Waals surface area contributed by atoms with E-state index >= 15 is 0 Å². The maximum atomic E-state index is 12.0. The molecular formula is C14H21N5O2S. The van der Waals surface area contributed by atoms with E-state index in [9.17, 15) is 10.1 Å². The number of aromatic amines is 1. The first kappa shape index (κ1) is 16.8. The SMILES string of the molecule is CC(C)[C@@](C)(C#N)NC(=O)CSc1n[nH]c([C@@H]2CCCO2)n1. The van der Waals surface area contributed by atoms with Crippen molar-refractivity contribution in [2.45, 2.75) is 50.4 Å². The van der Waals surface area contributed by atoms with Crippen LogP contribution in [0.2, 0.25) is 0 Å². The van der Waals surface area contributed by atoms with Gasteiger partial charge in [0.2, 0.25) is 11.1 Å². The van der Waals surface area contributed by atoms with E-state index in [1.165, 1.54) is 11.8 Å². The summed E-state index contributed by atoms with van der Waals surface area (Å²) in [4.78, 5) is 16.3. The molecule has 2 rings (SSSR count). The van der Waals surface area contributed by atoms with Crippen LogP contribution < -0.4 is 5.32 Å². The van der Waals surface area contributed by atoms with E-state index < -0.39 is 5.54 Å². The van der Waals surface area contributed by atoms with Gasteiger partial charge in [-0.25, -0.2) is 4.98 Å². The lowest BCUT2D eigenvalue weighted by atomic mass is 9.90. The van der Waals surface area contributed by atoms with Gasteiger partial charge in [0.25, 0.3) is 0 Å². The molecule has 7 nitrogen and oxygen atoms in total. The van der Waals surface area contributed by atoms with Crippen molar-refractivity contribution in [3.63, 3.8) is 0 Å². The van der Waals surface area contributed by atoms with Gasteiger partial charge in [-0.1, -0.05) is 25.6 Å². The Balaban J connectivity index is 1.85. The molecule has 2 atom stereocenters. The van der Waals surface area contributed by atoms with E-state index in [4.69, 9.17) is 4.74 Å². The van der Waals surface area contributed by atoms with E-state index in [-0.39, 0.29) is 23.7 Å². The normalized spacial score (nSPS) is 20.6. The molecule has 0 spiro atoms. The number of thioether (sulfide) groups is 1. The lowest BCUT2D eigenvalue weighted by Crippen LogP contribution is -2.49. The number of amides is 1. The molecule has 120 valence electrons. The average molecular weight is 323 g/mol. The molecule has 0 radical (unpaired) electrons. The van der Waals surface area contributed by atoms with Gasteiger partial charge in [0, 0.05) is 6.61 Å². The number of hydrogen-bond donors (Lipinski definition) is 2. The van der Waals surface area contributed by atoms with Gasteiger partial charge >= 0.3 is 0 Å². The fourth-order valence-corrected chi connectivity index (χ4v) is 2.62. The largest absolute Gasteiger partial charge is 0.370 e. The zero-order chi connectivity index (χ0) is 16.2. The first-order chi connectivity index (χ1) is 10.4. The summed E-state index contributed by atoms with van der Waals surface area (Å²) in [7, 11) is 0. The summed E-state index contributed by atoms with van der Waals surface area (Å²) >= 11 is 1.24. The molecule has 0 unspecified atom stereocenters. The highest BCUT2D eigenvalue weighted by Gasteiger charge is 2.30. The molecule has 0 aliphatic carbocycles. The monoisotopic (exact) mass is 323 g/mol. The van der Waals surface area contributed by atoms with Gasteiger partial charge in [-0.2, -0.15) is 5.26 Å². The standard InChI is InChI=1S/C14H21N5O2S/c1-9(2)14(3,8-15)17-11(20)7-22-13-16-12(18-19-13)10-5-4-6-21-10/h9-10H,4-7H2,1-3H3,(H,17,20)(H,16,18,19)/t10-,14+/m0/s1. The molecule has 1 aliphatic rings. The van der Waals surface area contributed by atoms with Crippen molar-refractivity contribution in [2.24, 2.45) is 5.92 Å². The number of carbonyl (C=O) groups is 1. The second-order valence-electron chi connectivity index (χ2n) is 5.81. The van der Waals surface area contributed by atoms with Gasteiger partial charge in [0.15, 0.2) is 5.82 Å². The molecule has 1 amide bonds. The fourth-order valence-electron chi connectivity index (χ4n) is 2.02. The number of hydrogen-bond acceptors (Lipinski definition) is 6. The number of nitriles is 1. The van der Waals surface area contributed by atoms with Crippen molar-refractivity contribution >= 4 is 17.7 Å². The first-order valence-corrected chi connectivity index (χ1v) is 8.32. The van der Waals surface area contributed by atoms with Crippen LogP contribution in [0, 0.1) is 17.2 Å². The van der Waals surface area contributed by atoms with Crippen LogP contribution in [0.4, 0.5) is 0 Å². The second kappa shape index (κ2) is 7.11. The summed E-state index contributed by atoms with van der Waals surface area (Å²) in [6.45, 7) is 6.28. The molecule has 2 heterocycles. The number of nitrogens with one attached hydrogen (secondary N) is 2. The first-order valence-electron chi connectivity index (χ1n) is 7.33. The molecule has 0 bridgehead atoms. The van der Waals surface area contributed by atoms with Gasteiger partial charge in [-0.05, 0) is 25.7 Å². The summed E-state index contributed by atoms with van der Waals surface area (Å²) in [6.07, 6.45) is 1.95. The molecule has 1 aliphatic heterocycles. The van der Waals surface area contributed by atoms with Gasteiger partial charge in [-0.15, -0.1) is 5.10 Å². The van der Waals surface area contributed by atoms with Gasteiger partial charge in [-0.3, -0.25) is 9.89 Å². The summed E-state index contributed by atoms with van der Waals surface area (Å²) < 4.78 is 5.53. The topological polar surface area (TPSA) is 104 Å². The minimum atomic E-state index is -0.862. The predicted octanol–water partition coefficient (Wildman–Crippen LogP) is 1.80. The van der Waals surface area contributed by atoms with E-state index in [0.29, 0.717) is 11.0 Å². The zero-order valence-corrected chi connectivity index (χ0v) is 13.9. The Labute approximate surface area is 134 Å². The summed E-state index contributed by atoms with van der Waals surface area (Å²) in [5, 5.41) is 19.4. The number of carbonyl (C=O) groups excluding carboxylic acids is 1. The molecule has 1 aromatic heterocycles. The summed E-state index contributed by atoms with van der Waals surface area (Å²) in [5.74, 6) is 0.712. The smallest absolute Gasteiger partial charge is 0.231 e. The van der Waals surface area contributed by atoms with Gasteiger partial charge in [0.05, 0.1) is 11.8 Å². The molecule has 0 saturated carbocycles. The van der Waals surface area contributed by atoms with Crippen molar-refractivity contribution in [3.05, 3.63) is 5.82 Å². The molecule has 22 heavy (non-hydrogen) atoms. The lowest BCUT2D eigenvalue weighted by Gasteiger charge is -2.27. The highest BCUT2D eigenvalue weighted by atomic mass is 32.2. The molecular weight excluding hydrogens is 302 g/mol. The zero-order valence-electron chi connectivity index (χ0n) is 13.0. The second-order valence-corrected chi connectivity index (χ2v) is 6.75. The van der Waals surface area contributed by atoms with Crippen LogP contribution in [0.1, 0.15) is 45.5 Å². The molecule has 1 aromatic rings. The maximum absolute atomic E-state index is 12.0. The van der Waals surface area contributed by atoms with E-state index in [1.54, 1.807) is 6.92 Å². The Morgan fingerprint density at radius 1 is 1.68 bits per heavy atom. The van der Waals surface area contributed by atoms with Gasteiger partial charge in [0.1, 0.15) is 11.6 Å². The van der Waals surface area contributed by atoms with E-state index in [0.717, 1.165) is 19.4 Å². The number of H-pyrrole nitrogens is 1. The highest BCUT2D eigenvalue weighted by molar-refractivity contribution is 7.99. The summed E-state index contributed by atoms with van der Waals surface area (Å²) in [5.41, 5.74) is -0.862. The van der Waals surface area contributed by atoms with Crippen LogP contribution in [0.3, 0.4) is 0 Å². The minimum absolute atomic E-state index is 0.0153. The van der Waals surface area contributed by atoms with Crippen LogP contribution >= 0.6 is 11.8 Å². The third kappa shape index (κ3) is 3.99. The third-order valence-corrected chi connectivity index (χ3v) is 4.68. The Bertz CT molecular complexity index is 562. The van der Waals surface area contributed by atoms with E-state index in [2.05, 4.69) is 26.6 Å². The van der Waals surface area contributed by atoms with Crippen LogP contribution in [0.15, 0.2) is 5.16 Å². The highest BCUT2D eigenvalue weighted by Crippen LogP contribution is 2.27. The Morgan fingerprint density at radius 3 is 3.05 bits per heavy atom. The Hall–Kier alpha value is -1.59. The van der Waals surface area contributed by atoms with Crippen molar-refractivity contribution < 1.29 is 9.53 Å². The van der Waals surface area contributed by atoms with Gasteiger partial charge < -0.3 is 10.1 Å². The predicted molar refractivity (Wildman–Crippen MR) is 82.0 cm³/mol. The molecule has 2 N–H and O–H groups in total. The van der Waals surface area contributed by atoms with Crippen molar-refractivity contribution in [1.82, 2.24) is 20.5 Å². The third-order valence-electron chi connectivity index (χ3n) is 3.84. The Morgan fingerprint density at radius 2 is 2.45 bits per heavy atom. The molecule has 1 saturated heterocycles. The van der Waals surface area contributed by atoms with Crippen LogP contribution in [0.5, 0.6) is 0 Å². The number of rotatable bonds is 6. The average Bonchev–Trinajstić information content (AvgIpc) is 3.15. The fraction of sp³-hybridized carbons (Fsp3) is 0.714. The summed E-state index contributed by atoms with van der Waals surface area (Å²) in [6, 6.07) is 2.15. The van der Waals surface area contributed by atoms with E-state index in [1.807, 2.05) is 13.8 Å². The van der Waals surface area contributed by atoms with Crippen LogP contribution in [0.25, 0.3) is 0 Å². The van der Waals surface area contributed by atoms with Crippen LogP contribution in [-0.2, 0) is 9.53 Å². The number of nitrogens with zero attached hydrogens (tertiary/aromatic N) is 3. The lowest BCUT2D eigenvalue weighted by molar-refractivity contribution is -0.120. The quantitative estimate of drug-likeness (QED) is 0.774. The van der Waals surface area contributed by atoms with Crippen LogP contribution in [-0.4, -0.2) is 39.0 Å². The Kier molecular flexibility index (Phi) is 5.42. The molecule has 1 fully saturated rings. The van der Waals surface area contributed by atoms with Crippen molar-refractivity contribution in [1.29, 1.82) is 5.26 Å². The minimum Gasteiger partial charge on any atom is -0.370 e. The van der Waals surface area contributed by atoms with Crippen molar-refractivity contribution in [3.8, 4) is 6.07 Å². The van der Waals surface area contributed by atoms with Crippen molar-refractivity contribution in [2.75, 3.05) is 12.4 Å². The molecule has 0 aromatic carbocycles. The number of ether oxygens (including phenoxy) is 1. The number of aromatic nitrogens is 3.